The van der Waals surface area contributed by atoms with Crippen molar-refractivity contribution in [2.45, 2.75) is 13.0 Å². The zero-order valence-corrected chi connectivity index (χ0v) is 9.40. The smallest absolute Gasteiger partial charge is 0.128 e. The average molecular weight is 217 g/mol. The second kappa shape index (κ2) is 4.37. The van der Waals surface area contributed by atoms with E-state index < -0.39 is 0 Å². The molecule has 2 heterocycles. The zero-order chi connectivity index (χ0) is 11.5. The minimum atomic E-state index is -0.0521. The van der Waals surface area contributed by atoms with Gasteiger partial charge >= 0.3 is 0 Å². The predicted molar refractivity (Wildman–Crippen MR) is 63.0 cm³/mol. The number of aryl methyl sites for hydroxylation is 1. The molecule has 84 valence electrons. The summed E-state index contributed by atoms with van der Waals surface area (Å²) >= 11 is 0. The molecule has 1 unspecified atom stereocenters. The van der Waals surface area contributed by atoms with Crippen LogP contribution in [0.1, 0.15) is 22.9 Å². The van der Waals surface area contributed by atoms with E-state index in [1.165, 1.54) is 0 Å². The van der Waals surface area contributed by atoms with E-state index >= 15 is 0 Å². The minimum Gasteiger partial charge on any atom is -0.467 e. The van der Waals surface area contributed by atoms with E-state index in [9.17, 15) is 0 Å². The Bertz CT molecular complexity index is 479. The van der Waals surface area contributed by atoms with E-state index in [1.807, 2.05) is 20.0 Å². The molecule has 0 aliphatic heterocycles. The largest absolute Gasteiger partial charge is 0.467 e. The predicted octanol–water partition coefficient (Wildman–Crippen LogP) is 1.87. The number of nitrogens with two attached hydrogens (primary N) is 1. The molecule has 0 radical (unpaired) electrons. The van der Waals surface area contributed by atoms with Gasteiger partial charge in [0.2, 0.25) is 0 Å². The monoisotopic (exact) mass is 217 g/mol. The molecular formula is C12H15N3O. The number of nitrogen functional groups attached to an aromatic ring is 1. The van der Waals surface area contributed by atoms with Gasteiger partial charge in [0.1, 0.15) is 5.76 Å². The van der Waals surface area contributed by atoms with Gasteiger partial charge in [0.15, 0.2) is 0 Å². The van der Waals surface area contributed by atoms with Crippen molar-refractivity contribution in [1.82, 2.24) is 10.3 Å². The highest BCUT2D eigenvalue weighted by atomic mass is 16.3. The summed E-state index contributed by atoms with van der Waals surface area (Å²) in [5, 5.41) is 3.19. The fourth-order valence-corrected chi connectivity index (χ4v) is 1.77. The van der Waals surface area contributed by atoms with Crippen LogP contribution in [0, 0.1) is 6.92 Å². The molecule has 0 spiro atoms. The summed E-state index contributed by atoms with van der Waals surface area (Å²) in [6, 6.07) is 3.67. The molecule has 0 saturated carbocycles. The minimum absolute atomic E-state index is 0.0521. The summed E-state index contributed by atoms with van der Waals surface area (Å²) in [5.41, 5.74) is 8.68. The third kappa shape index (κ3) is 1.79. The number of anilines is 1. The summed E-state index contributed by atoms with van der Waals surface area (Å²) < 4.78 is 5.48. The Morgan fingerprint density at radius 2 is 2.25 bits per heavy atom. The lowest BCUT2D eigenvalue weighted by molar-refractivity contribution is 0.460. The lowest BCUT2D eigenvalue weighted by Crippen LogP contribution is -2.19. The zero-order valence-electron chi connectivity index (χ0n) is 9.40. The van der Waals surface area contributed by atoms with E-state index in [4.69, 9.17) is 10.2 Å². The van der Waals surface area contributed by atoms with Crippen LogP contribution in [0.2, 0.25) is 0 Å². The molecule has 2 aromatic heterocycles. The van der Waals surface area contributed by atoms with E-state index in [1.54, 1.807) is 24.7 Å². The first-order valence-corrected chi connectivity index (χ1v) is 5.14. The fraction of sp³-hybridized carbons (Fsp3) is 0.250. The Morgan fingerprint density at radius 3 is 2.81 bits per heavy atom. The van der Waals surface area contributed by atoms with Gasteiger partial charge in [-0.3, -0.25) is 4.98 Å². The van der Waals surface area contributed by atoms with Gasteiger partial charge in [0.05, 0.1) is 12.3 Å². The van der Waals surface area contributed by atoms with Crippen LogP contribution in [0.3, 0.4) is 0 Å². The van der Waals surface area contributed by atoms with Crippen molar-refractivity contribution in [1.29, 1.82) is 0 Å². The van der Waals surface area contributed by atoms with Gasteiger partial charge in [-0.25, -0.2) is 0 Å². The lowest BCUT2D eigenvalue weighted by atomic mass is 10.0. The highest BCUT2D eigenvalue weighted by Gasteiger charge is 2.19. The lowest BCUT2D eigenvalue weighted by Gasteiger charge is -2.16. The Morgan fingerprint density at radius 1 is 1.44 bits per heavy atom. The van der Waals surface area contributed by atoms with Crippen molar-refractivity contribution in [3.05, 3.63) is 47.7 Å². The number of nitrogens with zero attached hydrogens (tertiary/aromatic N) is 1. The fourth-order valence-electron chi connectivity index (χ4n) is 1.77. The Hall–Kier alpha value is -1.81. The van der Waals surface area contributed by atoms with Crippen LogP contribution in [0.15, 0.2) is 35.2 Å². The summed E-state index contributed by atoms with van der Waals surface area (Å²) in [4.78, 5) is 4.09. The number of aromatic nitrogens is 1. The average Bonchev–Trinajstić information content (AvgIpc) is 2.69. The summed E-state index contributed by atoms with van der Waals surface area (Å²) in [6.07, 6.45) is 5.13. The molecule has 0 aliphatic carbocycles. The van der Waals surface area contributed by atoms with Crippen molar-refractivity contribution < 1.29 is 4.42 Å². The van der Waals surface area contributed by atoms with Crippen molar-refractivity contribution >= 4 is 5.69 Å². The van der Waals surface area contributed by atoms with Crippen LogP contribution in [-0.4, -0.2) is 12.0 Å². The quantitative estimate of drug-likeness (QED) is 0.823. The van der Waals surface area contributed by atoms with Gasteiger partial charge in [-0.15, -0.1) is 0 Å². The molecule has 16 heavy (non-hydrogen) atoms. The molecule has 0 saturated heterocycles. The highest BCUT2D eigenvalue weighted by molar-refractivity contribution is 5.49. The molecule has 2 aromatic rings. The van der Waals surface area contributed by atoms with Gasteiger partial charge in [0, 0.05) is 23.6 Å². The van der Waals surface area contributed by atoms with Crippen molar-refractivity contribution in [2.75, 3.05) is 12.8 Å². The first-order chi connectivity index (χ1) is 7.74. The van der Waals surface area contributed by atoms with Gasteiger partial charge in [0.25, 0.3) is 0 Å². The second-order valence-electron chi connectivity index (χ2n) is 3.69. The number of hydrogen-bond donors (Lipinski definition) is 2. The van der Waals surface area contributed by atoms with Crippen molar-refractivity contribution in [3.8, 4) is 0 Å². The Balaban J connectivity index is 2.45. The van der Waals surface area contributed by atoms with E-state index in [2.05, 4.69) is 10.3 Å². The topological polar surface area (TPSA) is 64.1 Å². The van der Waals surface area contributed by atoms with Crippen LogP contribution in [-0.2, 0) is 0 Å². The van der Waals surface area contributed by atoms with Crippen LogP contribution in [0.4, 0.5) is 5.69 Å². The first-order valence-electron chi connectivity index (χ1n) is 5.14. The SMILES string of the molecule is CNC(c1cnccc1N)c1occc1C. The number of hydrogen-bond acceptors (Lipinski definition) is 4. The maximum absolute atomic E-state index is 5.93. The molecule has 0 bridgehead atoms. The number of pyridine rings is 1. The highest BCUT2D eigenvalue weighted by Crippen LogP contribution is 2.28. The van der Waals surface area contributed by atoms with Crippen LogP contribution in [0.5, 0.6) is 0 Å². The second-order valence-corrected chi connectivity index (χ2v) is 3.69. The number of nitrogens with one attached hydrogen (secondary N) is 1. The normalized spacial score (nSPS) is 12.6. The molecule has 2 rings (SSSR count). The molecule has 0 amide bonds. The maximum atomic E-state index is 5.93. The summed E-state index contributed by atoms with van der Waals surface area (Å²) in [7, 11) is 1.87. The molecule has 4 heteroatoms. The molecule has 0 aromatic carbocycles. The van der Waals surface area contributed by atoms with E-state index in [-0.39, 0.29) is 6.04 Å². The Labute approximate surface area is 94.5 Å². The van der Waals surface area contributed by atoms with E-state index in [0.717, 1.165) is 16.9 Å². The summed E-state index contributed by atoms with van der Waals surface area (Å²) in [6.45, 7) is 2.01. The van der Waals surface area contributed by atoms with Crippen molar-refractivity contribution in [3.63, 3.8) is 0 Å². The third-order valence-corrected chi connectivity index (χ3v) is 2.65. The van der Waals surface area contributed by atoms with Crippen LogP contribution in [0.25, 0.3) is 0 Å². The molecule has 3 N–H and O–H groups in total. The third-order valence-electron chi connectivity index (χ3n) is 2.65. The standard InChI is InChI=1S/C12H15N3O/c1-8-4-6-16-12(8)11(14-2)9-7-15-5-3-10(9)13/h3-7,11,14H,1-2H3,(H2,13,15). The van der Waals surface area contributed by atoms with Gasteiger partial charge in [-0.05, 0) is 31.7 Å². The molecule has 1 atom stereocenters. The molecule has 0 aliphatic rings. The van der Waals surface area contributed by atoms with E-state index in [0.29, 0.717) is 5.69 Å². The number of rotatable bonds is 3. The molecular weight excluding hydrogens is 202 g/mol. The number of furan rings is 1. The van der Waals surface area contributed by atoms with Crippen molar-refractivity contribution in [2.24, 2.45) is 0 Å². The summed E-state index contributed by atoms with van der Waals surface area (Å²) in [5.74, 6) is 0.877. The maximum Gasteiger partial charge on any atom is 0.128 e. The van der Waals surface area contributed by atoms with Crippen LogP contribution >= 0.6 is 0 Å². The van der Waals surface area contributed by atoms with Gasteiger partial charge in [-0.2, -0.15) is 0 Å². The molecule has 0 fully saturated rings. The molecule has 4 nitrogen and oxygen atoms in total. The van der Waals surface area contributed by atoms with Crippen LogP contribution < -0.4 is 11.1 Å². The van der Waals surface area contributed by atoms with Gasteiger partial charge < -0.3 is 15.5 Å². The Kier molecular flexibility index (Phi) is 2.92. The first kappa shape index (κ1) is 10.7. The van der Waals surface area contributed by atoms with Gasteiger partial charge in [-0.1, -0.05) is 0 Å².